The van der Waals surface area contributed by atoms with Crippen LogP contribution < -0.4 is 10.6 Å². The summed E-state index contributed by atoms with van der Waals surface area (Å²) in [7, 11) is 0. The smallest absolute Gasteiger partial charge is 0.337 e. The fraction of sp³-hybridized carbons (Fsp3) is 0.278. The lowest BCUT2D eigenvalue weighted by atomic mass is 10.2. The van der Waals surface area contributed by atoms with Gasteiger partial charge >= 0.3 is 12.0 Å². The summed E-state index contributed by atoms with van der Waals surface area (Å²) in [4.78, 5) is 28.2. The number of thioether (sulfide) groups is 1. The van der Waals surface area contributed by atoms with Crippen molar-refractivity contribution in [2.45, 2.75) is 19.0 Å². The van der Waals surface area contributed by atoms with Gasteiger partial charge in [-0.2, -0.15) is 0 Å². The number of nitrogens with zero attached hydrogens (tertiary/aromatic N) is 2. The Balaban J connectivity index is 1.84. The third-order valence-corrected chi connectivity index (χ3v) is 5.43. The second kappa shape index (κ2) is 8.49. The number of esters is 1. The molecule has 1 aromatic carbocycles. The number of carbonyl (C=O) groups excluding carboxylic acids is 2. The molecule has 0 radical (unpaired) electrons. The van der Waals surface area contributed by atoms with Crippen LogP contribution >= 0.6 is 23.4 Å². The molecule has 1 aliphatic rings. The number of hydrogen-bond acceptors (Lipinski definition) is 5. The van der Waals surface area contributed by atoms with Gasteiger partial charge in [0.05, 0.1) is 24.4 Å². The predicted octanol–water partition coefficient (Wildman–Crippen LogP) is 3.06. The van der Waals surface area contributed by atoms with Crippen LogP contribution in [0.5, 0.6) is 0 Å². The van der Waals surface area contributed by atoms with Gasteiger partial charge < -0.3 is 15.4 Å². The van der Waals surface area contributed by atoms with Crippen LogP contribution in [0, 0.1) is 6.92 Å². The lowest BCUT2D eigenvalue weighted by Crippen LogP contribution is -2.44. The van der Waals surface area contributed by atoms with E-state index in [0.717, 1.165) is 16.4 Å². The number of ether oxygens (including phenoxy) is 1. The van der Waals surface area contributed by atoms with E-state index in [1.165, 1.54) is 11.8 Å². The molecule has 0 aliphatic carbocycles. The first-order valence-corrected chi connectivity index (χ1v) is 9.73. The van der Waals surface area contributed by atoms with Gasteiger partial charge in [0.2, 0.25) is 0 Å². The largest absolute Gasteiger partial charge is 0.463 e. The molecule has 142 valence electrons. The standard InChI is InChI=1S/C18H19ClN4O3S/c1-3-26-16(24)12-9-21-17(25)22-14(12)10-27-18-20-7-8-23(18)15-6-4-5-13(19)11(15)2/h4-8H,3,9-10H2,1-2H3,(H2,21,22,25). The van der Waals surface area contributed by atoms with Crippen molar-refractivity contribution in [1.29, 1.82) is 0 Å². The second-order valence-corrected chi connectivity index (χ2v) is 7.09. The van der Waals surface area contributed by atoms with E-state index < -0.39 is 5.97 Å². The van der Waals surface area contributed by atoms with E-state index in [9.17, 15) is 9.59 Å². The summed E-state index contributed by atoms with van der Waals surface area (Å²) in [6.45, 7) is 4.10. The number of urea groups is 1. The molecule has 2 aromatic rings. The monoisotopic (exact) mass is 406 g/mol. The maximum Gasteiger partial charge on any atom is 0.337 e. The number of halogens is 1. The summed E-state index contributed by atoms with van der Waals surface area (Å²) in [5.41, 5.74) is 2.82. The predicted molar refractivity (Wildman–Crippen MR) is 104 cm³/mol. The lowest BCUT2D eigenvalue weighted by Gasteiger charge is -2.21. The minimum Gasteiger partial charge on any atom is -0.463 e. The normalized spacial score (nSPS) is 14.0. The highest BCUT2D eigenvalue weighted by atomic mass is 35.5. The minimum absolute atomic E-state index is 0.141. The van der Waals surface area contributed by atoms with Crippen LogP contribution in [-0.4, -0.2) is 40.5 Å². The first kappa shape index (κ1) is 19.3. The summed E-state index contributed by atoms with van der Waals surface area (Å²) in [6, 6.07) is 5.34. The molecule has 3 rings (SSSR count). The van der Waals surface area contributed by atoms with E-state index in [2.05, 4.69) is 15.6 Å². The third-order valence-electron chi connectivity index (χ3n) is 4.03. The van der Waals surface area contributed by atoms with Crippen molar-refractivity contribution in [1.82, 2.24) is 20.2 Å². The van der Waals surface area contributed by atoms with Crippen molar-refractivity contribution >= 4 is 35.4 Å². The molecule has 7 nitrogen and oxygen atoms in total. The molecule has 0 fully saturated rings. The first-order valence-electron chi connectivity index (χ1n) is 8.37. The summed E-state index contributed by atoms with van der Waals surface area (Å²) >= 11 is 7.64. The van der Waals surface area contributed by atoms with Crippen molar-refractivity contribution in [2.75, 3.05) is 18.9 Å². The molecule has 0 atom stereocenters. The summed E-state index contributed by atoms with van der Waals surface area (Å²) in [5, 5.41) is 6.69. The van der Waals surface area contributed by atoms with Crippen LogP contribution in [0.4, 0.5) is 4.79 Å². The molecular weight excluding hydrogens is 388 g/mol. The summed E-state index contributed by atoms with van der Waals surface area (Å²) in [5.74, 6) is -0.0623. The van der Waals surface area contributed by atoms with Gasteiger partial charge in [0.25, 0.3) is 0 Å². The van der Waals surface area contributed by atoms with Crippen LogP contribution in [0.3, 0.4) is 0 Å². The van der Waals surface area contributed by atoms with E-state index >= 15 is 0 Å². The molecule has 2 amide bonds. The van der Waals surface area contributed by atoms with Gasteiger partial charge in [0, 0.05) is 28.9 Å². The SMILES string of the molecule is CCOC(=O)C1=C(CSc2nccn2-c2cccc(Cl)c2C)NC(=O)NC1. The summed E-state index contributed by atoms with van der Waals surface area (Å²) in [6.07, 6.45) is 3.55. The number of imidazole rings is 1. The number of aromatic nitrogens is 2. The Kier molecular flexibility index (Phi) is 6.08. The van der Waals surface area contributed by atoms with Crippen LogP contribution in [0.2, 0.25) is 5.02 Å². The van der Waals surface area contributed by atoms with Crippen molar-refractivity contribution in [3.8, 4) is 5.69 Å². The fourth-order valence-electron chi connectivity index (χ4n) is 2.64. The average Bonchev–Trinajstić information content (AvgIpc) is 3.11. The van der Waals surface area contributed by atoms with Gasteiger partial charge in [-0.3, -0.25) is 4.57 Å². The highest BCUT2D eigenvalue weighted by molar-refractivity contribution is 7.99. The van der Waals surface area contributed by atoms with Crippen molar-refractivity contribution in [2.24, 2.45) is 0 Å². The maximum atomic E-state index is 12.1. The third kappa shape index (κ3) is 4.28. The van der Waals surface area contributed by atoms with Crippen molar-refractivity contribution in [3.05, 3.63) is 52.4 Å². The van der Waals surface area contributed by atoms with Gasteiger partial charge in [0.15, 0.2) is 5.16 Å². The average molecular weight is 407 g/mol. The number of hydrogen-bond donors (Lipinski definition) is 2. The number of amides is 2. The van der Waals surface area contributed by atoms with E-state index in [1.54, 1.807) is 13.1 Å². The molecule has 9 heteroatoms. The van der Waals surface area contributed by atoms with E-state index in [1.807, 2.05) is 35.9 Å². The topological polar surface area (TPSA) is 85.2 Å². The molecule has 27 heavy (non-hydrogen) atoms. The number of rotatable bonds is 6. The Hall–Kier alpha value is -2.45. The molecule has 1 aliphatic heterocycles. The molecule has 2 heterocycles. The first-order chi connectivity index (χ1) is 13.0. The van der Waals surface area contributed by atoms with Gasteiger partial charge in [-0.1, -0.05) is 29.4 Å². The highest BCUT2D eigenvalue weighted by Gasteiger charge is 2.24. The summed E-state index contributed by atoms with van der Waals surface area (Å²) < 4.78 is 7.00. The molecule has 0 spiro atoms. The minimum atomic E-state index is -0.436. The van der Waals surface area contributed by atoms with Gasteiger partial charge in [-0.15, -0.1) is 0 Å². The molecular formula is C18H19ClN4O3S. The number of nitrogens with one attached hydrogen (secondary N) is 2. The Morgan fingerprint density at radius 2 is 2.26 bits per heavy atom. The Labute approximate surface area is 166 Å². The Morgan fingerprint density at radius 3 is 3.04 bits per heavy atom. The van der Waals surface area contributed by atoms with Crippen LogP contribution in [0.1, 0.15) is 12.5 Å². The molecule has 2 N–H and O–H groups in total. The fourth-order valence-corrected chi connectivity index (χ4v) is 3.77. The second-order valence-electron chi connectivity index (χ2n) is 5.74. The molecule has 1 aromatic heterocycles. The van der Waals surface area contributed by atoms with E-state index in [0.29, 0.717) is 22.0 Å². The molecule has 0 unspecified atom stereocenters. The van der Waals surface area contributed by atoms with E-state index in [-0.39, 0.29) is 19.2 Å². The quantitative estimate of drug-likeness (QED) is 0.569. The maximum absolute atomic E-state index is 12.1. The lowest BCUT2D eigenvalue weighted by molar-refractivity contribution is -0.138. The van der Waals surface area contributed by atoms with Crippen molar-refractivity contribution in [3.63, 3.8) is 0 Å². The zero-order valence-electron chi connectivity index (χ0n) is 14.9. The van der Waals surface area contributed by atoms with Gasteiger partial charge in [-0.05, 0) is 31.5 Å². The number of carbonyl (C=O) groups is 2. The van der Waals surface area contributed by atoms with Gasteiger partial charge in [0.1, 0.15) is 0 Å². The zero-order valence-corrected chi connectivity index (χ0v) is 16.5. The highest BCUT2D eigenvalue weighted by Crippen LogP contribution is 2.27. The molecule has 0 saturated carbocycles. The van der Waals surface area contributed by atoms with Crippen LogP contribution in [0.15, 0.2) is 47.0 Å². The number of benzene rings is 1. The zero-order chi connectivity index (χ0) is 19.4. The van der Waals surface area contributed by atoms with E-state index in [4.69, 9.17) is 16.3 Å². The van der Waals surface area contributed by atoms with Crippen LogP contribution in [-0.2, 0) is 9.53 Å². The Bertz CT molecular complexity index is 910. The Morgan fingerprint density at radius 1 is 1.44 bits per heavy atom. The molecule has 0 bridgehead atoms. The molecule has 0 saturated heterocycles. The van der Waals surface area contributed by atoms with Crippen molar-refractivity contribution < 1.29 is 14.3 Å². The van der Waals surface area contributed by atoms with Crippen LogP contribution in [0.25, 0.3) is 5.69 Å². The van der Waals surface area contributed by atoms with Gasteiger partial charge in [-0.25, -0.2) is 14.6 Å².